The summed E-state index contributed by atoms with van der Waals surface area (Å²) in [6.45, 7) is 7.14. The molecular weight excluding hydrogens is 224 g/mol. The van der Waals surface area contributed by atoms with Crippen LogP contribution in [0.5, 0.6) is 0 Å². The Labute approximate surface area is 100 Å². The first-order chi connectivity index (χ1) is 7.20. The highest BCUT2D eigenvalue weighted by Gasteiger charge is 2.30. The standard InChI is InChI=1S/C12H26O3S/c1-5-6-7-8-9-11(13)10-16(14,15)12(2,3)4/h11,13H,5-10H2,1-4H3. The lowest BCUT2D eigenvalue weighted by atomic mass is 10.1. The monoisotopic (exact) mass is 250 g/mol. The molecule has 1 N–H and O–H groups in total. The lowest BCUT2D eigenvalue weighted by Crippen LogP contribution is -2.35. The van der Waals surface area contributed by atoms with Crippen LogP contribution >= 0.6 is 0 Å². The average molecular weight is 250 g/mol. The summed E-state index contributed by atoms with van der Waals surface area (Å²) in [4.78, 5) is 0. The fraction of sp³-hybridized carbons (Fsp3) is 1.00. The average Bonchev–Trinajstić information content (AvgIpc) is 2.10. The minimum atomic E-state index is -3.19. The second kappa shape index (κ2) is 6.60. The van der Waals surface area contributed by atoms with E-state index in [9.17, 15) is 13.5 Å². The van der Waals surface area contributed by atoms with Crippen molar-refractivity contribution in [2.24, 2.45) is 0 Å². The third-order valence-electron chi connectivity index (χ3n) is 2.74. The van der Waals surface area contributed by atoms with Crippen LogP contribution in [0.4, 0.5) is 0 Å². The quantitative estimate of drug-likeness (QED) is 0.706. The number of unbranched alkanes of at least 4 members (excludes halogenated alkanes) is 3. The smallest absolute Gasteiger partial charge is 0.157 e. The molecule has 0 aliphatic heterocycles. The van der Waals surface area contributed by atoms with Crippen molar-refractivity contribution in [1.29, 1.82) is 0 Å². The summed E-state index contributed by atoms with van der Waals surface area (Å²) in [7, 11) is -3.19. The summed E-state index contributed by atoms with van der Waals surface area (Å²) in [5, 5.41) is 9.67. The second-order valence-electron chi connectivity index (χ2n) is 5.40. The molecule has 3 nitrogen and oxygen atoms in total. The van der Waals surface area contributed by atoms with E-state index in [2.05, 4.69) is 6.92 Å². The normalized spacial score (nSPS) is 15.1. The van der Waals surface area contributed by atoms with Gasteiger partial charge in [0, 0.05) is 0 Å². The van der Waals surface area contributed by atoms with Gasteiger partial charge in [0.1, 0.15) is 0 Å². The van der Waals surface area contributed by atoms with Gasteiger partial charge < -0.3 is 5.11 Å². The number of aliphatic hydroxyl groups is 1. The molecule has 1 atom stereocenters. The number of aliphatic hydroxyl groups excluding tert-OH is 1. The number of hydrogen-bond donors (Lipinski definition) is 1. The Morgan fingerprint density at radius 1 is 1.12 bits per heavy atom. The minimum absolute atomic E-state index is 0.109. The maximum Gasteiger partial charge on any atom is 0.157 e. The lowest BCUT2D eigenvalue weighted by Gasteiger charge is -2.21. The molecule has 0 heterocycles. The van der Waals surface area contributed by atoms with Crippen LogP contribution in [0.25, 0.3) is 0 Å². The maximum atomic E-state index is 11.8. The summed E-state index contributed by atoms with van der Waals surface area (Å²) in [6, 6.07) is 0. The van der Waals surface area contributed by atoms with E-state index in [4.69, 9.17) is 0 Å². The Morgan fingerprint density at radius 3 is 2.12 bits per heavy atom. The summed E-state index contributed by atoms with van der Waals surface area (Å²) >= 11 is 0. The van der Waals surface area contributed by atoms with E-state index < -0.39 is 20.7 Å². The molecule has 16 heavy (non-hydrogen) atoms. The fourth-order valence-electron chi connectivity index (χ4n) is 1.39. The molecule has 0 aliphatic carbocycles. The maximum absolute atomic E-state index is 11.8. The molecular formula is C12H26O3S. The molecule has 0 radical (unpaired) electrons. The van der Waals surface area contributed by atoms with Crippen molar-refractivity contribution in [3.05, 3.63) is 0 Å². The van der Waals surface area contributed by atoms with Gasteiger partial charge >= 0.3 is 0 Å². The van der Waals surface area contributed by atoms with E-state index in [-0.39, 0.29) is 5.75 Å². The van der Waals surface area contributed by atoms with Crippen molar-refractivity contribution in [2.75, 3.05) is 5.75 Å². The van der Waals surface area contributed by atoms with E-state index in [0.29, 0.717) is 6.42 Å². The Hall–Kier alpha value is -0.0900. The molecule has 0 amide bonds. The van der Waals surface area contributed by atoms with Crippen LogP contribution in [0, 0.1) is 0 Å². The van der Waals surface area contributed by atoms with Gasteiger partial charge in [0.15, 0.2) is 9.84 Å². The Morgan fingerprint density at radius 2 is 1.69 bits per heavy atom. The van der Waals surface area contributed by atoms with Crippen molar-refractivity contribution in [2.45, 2.75) is 70.7 Å². The summed E-state index contributed by atoms with van der Waals surface area (Å²) < 4.78 is 22.8. The zero-order valence-corrected chi connectivity index (χ0v) is 11.8. The van der Waals surface area contributed by atoms with Crippen LogP contribution in [0.3, 0.4) is 0 Å². The molecule has 0 aliphatic rings. The van der Waals surface area contributed by atoms with Crippen LogP contribution in [0.15, 0.2) is 0 Å². The molecule has 0 aromatic carbocycles. The molecule has 0 fully saturated rings. The SMILES string of the molecule is CCCCCCC(O)CS(=O)(=O)C(C)(C)C. The van der Waals surface area contributed by atoms with Gasteiger partial charge in [0.2, 0.25) is 0 Å². The van der Waals surface area contributed by atoms with Gasteiger partial charge in [0.05, 0.1) is 16.6 Å². The van der Waals surface area contributed by atoms with Gasteiger partial charge in [-0.2, -0.15) is 0 Å². The van der Waals surface area contributed by atoms with E-state index in [1.807, 2.05) is 0 Å². The van der Waals surface area contributed by atoms with Crippen molar-refractivity contribution < 1.29 is 13.5 Å². The first kappa shape index (κ1) is 15.9. The molecule has 0 aromatic heterocycles. The third kappa shape index (κ3) is 5.85. The van der Waals surface area contributed by atoms with Gasteiger partial charge in [-0.1, -0.05) is 32.6 Å². The Kier molecular flexibility index (Phi) is 6.56. The van der Waals surface area contributed by atoms with Crippen molar-refractivity contribution >= 4 is 9.84 Å². The van der Waals surface area contributed by atoms with Crippen LogP contribution in [-0.4, -0.2) is 30.1 Å². The van der Waals surface area contributed by atoms with Gasteiger partial charge in [-0.25, -0.2) is 8.42 Å². The zero-order chi connectivity index (χ0) is 12.8. The minimum Gasteiger partial charge on any atom is -0.392 e. The predicted molar refractivity (Wildman–Crippen MR) is 68.3 cm³/mol. The van der Waals surface area contributed by atoms with E-state index >= 15 is 0 Å². The molecule has 0 spiro atoms. The van der Waals surface area contributed by atoms with Gasteiger partial charge in [-0.15, -0.1) is 0 Å². The van der Waals surface area contributed by atoms with E-state index in [1.54, 1.807) is 20.8 Å². The fourth-order valence-corrected chi connectivity index (χ4v) is 2.57. The Balaban J connectivity index is 4.01. The molecule has 0 rings (SSSR count). The van der Waals surface area contributed by atoms with Crippen molar-refractivity contribution in [1.82, 2.24) is 0 Å². The molecule has 0 bridgehead atoms. The van der Waals surface area contributed by atoms with Gasteiger partial charge in [-0.05, 0) is 27.2 Å². The van der Waals surface area contributed by atoms with Crippen LogP contribution in [0.1, 0.15) is 59.8 Å². The van der Waals surface area contributed by atoms with E-state index in [1.165, 1.54) is 0 Å². The van der Waals surface area contributed by atoms with Gasteiger partial charge in [-0.3, -0.25) is 0 Å². The largest absolute Gasteiger partial charge is 0.392 e. The first-order valence-corrected chi connectivity index (χ1v) is 7.76. The second-order valence-corrected chi connectivity index (χ2v) is 8.18. The highest BCUT2D eigenvalue weighted by atomic mass is 32.2. The topological polar surface area (TPSA) is 54.4 Å². The molecule has 98 valence electrons. The zero-order valence-electron chi connectivity index (χ0n) is 11.0. The number of hydrogen-bond acceptors (Lipinski definition) is 3. The van der Waals surface area contributed by atoms with Crippen molar-refractivity contribution in [3.63, 3.8) is 0 Å². The van der Waals surface area contributed by atoms with E-state index in [0.717, 1.165) is 25.7 Å². The lowest BCUT2D eigenvalue weighted by molar-refractivity contribution is 0.182. The first-order valence-electron chi connectivity index (χ1n) is 6.11. The summed E-state index contributed by atoms with van der Waals surface area (Å²) in [6.07, 6.45) is 4.17. The number of sulfone groups is 1. The summed E-state index contributed by atoms with van der Waals surface area (Å²) in [5.74, 6) is -0.109. The van der Waals surface area contributed by atoms with Crippen molar-refractivity contribution in [3.8, 4) is 0 Å². The molecule has 0 aromatic rings. The molecule has 4 heteroatoms. The Bertz CT molecular complexity index is 275. The predicted octanol–water partition coefficient (Wildman–Crippen LogP) is 2.53. The third-order valence-corrected chi connectivity index (χ3v) is 5.43. The molecule has 0 saturated carbocycles. The van der Waals surface area contributed by atoms with Crippen LogP contribution in [-0.2, 0) is 9.84 Å². The summed E-state index contributed by atoms with van der Waals surface area (Å²) in [5.41, 5.74) is 0. The molecule has 1 unspecified atom stereocenters. The highest BCUT2D eigenvalue weighted by molar-refractivity contribution is 7.92. The number of rotatable bonds is 7. The van der Waals surface area contributed by atoms with Crippen LogP contribution in [0.2, 0.25) is 0 Å². The van der Waals surface area contributed by atoms with Gasteiger partial charge in [0.25, 0.3) is 0 Å². The highest BCUT2D eigenvalue weighted by Crippen LogP contribution is 2.18. The van der Waals surface area contributed by atoms with Crippen LogP contribution < -0.4 is 0 Å². The molecule has 0 saturated heterocycles.